The second-order valence-corrected chi connectivity index (χ2v) is 5.33. The molecule has 0 aromatic heterocycles. The van der Waals surface area contributed by atoms with E-state index in [4.69, 9.17) is 27.9 Å². The van der Waals surface area contributed by atoms with Crippen molar-refractivity contribution >= 4 is 29.2 Å². The average molecular weight is 288 g/mol. The molecule has 1 heterocycles. The predicted molar refractivity (Wildman–Crippen MR) is 71.9 cm³/mol. The van der Waals surface area contributed by atoms with Crippen LogP contribution >= 0.6 is 23.2 Å². The fourth-order valence-electron chi connectivity index (χ4n) is 2.33. The van der Waals surface area contributed by atoms with Crippen molar-refractivity contribution in [3.8, 4) is 0 Å². The van der Waals surface area contributed by atoms with Crippen molar-refractivity contribution in [2.45, 2.75) is 18.9 Å². The van der Waals surface area contributed by atoms with E-state index >= 15 is 0 Å². The molecule has 3 nitrogen and oxygen atoms in total. The number of benzene rings is 1. The highest BCUT2D eigenvalue weighted by molar-refractivity contribution is 6.34. The van der Waals surface area contributed by atoms with E-state index in [9.17, 15) is 4.79 Å². The van der Waals surface area contributed by atoms with Gasteiger partial charge in [-0.2, -0.15) is 0 Å². The SMILES string of the molecule is COC(=O)C1CCNC(c2cc(Cl)cc(Cl)c2)C1. The van der Waals surface area contributed by atoms with E-state index in [-0.39, 0.29) is 17.9 Å². The fourth-order valence-corrected chi connectivity index (χ4v) is 2.87. The van der Waals surface area contributed by atoms with Gasteiger partial charge in [0.1, 0.15) is 0 Å². The summed E-state index contributed by atoms with van der Waals surface area (Å²) in [4.78, 5) is 11.6. The van der Waals surface area contributed by atoms with Crippen molar-refractivity contribution in [3.05, 3.63) is 33.8 Å². The van der Waals surface area contributed by atoms with Gasteiger partial charge in [-0.3, -0.25) is 4.79 Å². The number of nitrogens with one attached hydrogen (secondary N) is 1. The minimum absolute atomic E-state index is 0.0565. The first-order valence-corrected chi connectivity index (χ1v) is 6.63. The number of ether oxygens (including phenoxy) is 1. The molecule has 0 bridgehead atoms. The molecule has 1 saturated heterocycles. The molecule has 1 aromatic carbocycles. The summed E-state index contributed by atoms with van der Waals surface area (Å²) in [6.45, 7) is 0.786. The van der Waals surface area contributed by atoms with Crippen molar-refractivity contribution in [2.75, 3.05) is 13.7 Å². The first-order chi connectivity index (χ1) is 8.60. The van der Waals surface area contributed by atoms with Gasteiger partial charge in [-0.05, 0) is 43.1 Å². The monoisotopic (exact) mass is 287 g/mol. The summed E-state index contributed by atoms with van der Waals surface area (Å²) in [6.07, 6.45) is 1.51. The summed E-state index contributed by atoms with van der Waals surface area (Å²) in [7, 11) is 1.43. The lowest BCUT2D eigenvalue weighted by molar-refractivity contribution is -0.146. The van der Waals surface area contributed by atoms with Crippen LogP contribution in [0.2, 0.25) is 10.0 Å². The van der Waals surface area contributed by atoms with E-state index in [2.05, 4.69) is 5.32 Å². The third-order valence-corrected chi connectivity index (χ3v) is 3.66. The summed E-state index contributed by atoms with van der Waals surface area (Å²) in [5, 5.41) is 4.59. The van der Waals surface area contributed by atoms with Crippen molar-refractivity contribution < 1.29 is 9.53 Å². The average Bonchev–Trinajstić information content (AvgIpc) is 2.37. The summed E-state index contributed by atoms with van der Waals surface area (Å²) < 4.78 is 4.80. The molecular formula is C13H15Cl2NO2. The maximum atomic E-state index is 11.6. The summed E-state index contributed by atoms with van der Waals surface area (Å²) in [5.74, 6) is -0.200. The third kappa shape index (κ3) is 3.16. The maximum absolute atomic E-state index is 11.6. The van der Waals surface area contributed by atoms with Gasteiger partial charge in [-0.1, -0.05) is 23.2 Å². The van der Waals surface area contributed by atoms with Gasteiger partial charge in [0.05, 0.1) is 13.0 Å². The Kier molecular flexibility index (Phi) is 4.49. The van der Waals surface area contributed by atoms with Crippen LogP contribution < -0.4 is 5.32 Å². The Hall–Kier alpha value is -0.770. The number of rotatable bonds is 2. The summed E-state index contributed by atoms with van der Waals surface area (Å²) in [5.41, 5.74) is 1.01. The van der Waals surface area contributed by atoms with Crippen molar-refractivity contribution in [1.82, 2.24) is 5.32 Å². The van der Waals surface area contributed by atoms with E-state index < -0.39 is 0 Å². The molecule has 2 unspecified atom stereocenters. The minimum Gasteiger partial charge on any atom is -0.469 e. The molecule has 0 aliphatic carbocycles. The molecular weight excluding hydrogens is 273 g/mol. The van der Waals surface area contributed by atoms with Crippen LogP contribution in [-0.4, -0.2) is 19.6 Å². The number of esters is 1. The quantitative estimate of drug-likeness (QED) is 0.849. The molecule has 2 atom stereocenters. The van der Waals surface area contributed by atoms with E-state index in [0.717, 1.165) is 18.5 Å². The van der Waals surface area contributed by atoms with Crippen LogP contribution in [0.4, 0.5) is 0 Å². The van der Waals surface area contributed by atoms with E-state index in [1.54, 1.807) is 6.07 Å². The van der Waals surface area contributed by atoms with Crippen LogP contribution in [0.5, 0.6) is 0 Å². The van der Waals surface area contributed by atoms with Gasteiger partial charge in [0.25, 0.3) is 0 Å². The zero-order valence-electron chi connectivity index (χ0n) is 10.1. The number of hydrogen-bond donors (Lipinski definition) is 1. The lowest BCUT2D eigenvalue weighted by Gasteiger charge is -2.29. The number of halogens is 2. The zero-order valence-corrected chi connectivity index (χ0v) is 11.6. The van der Waals surface area contributed by atoms with E-state index in [1.807, 2.05) is 12.1 Å². The predicted octanol–water partition coefficient (Wildman–Crippen LogP) is 3.21. The van der Waals surface area contributed by atoms with Crippen LogP contribution in [0, 0.1) is 5.92 Å². The fraction of sp³-hybridized carbons (Fsp3) is 0.462. The molecule has 0 amide bonds. The van der Waals surface area contributed by atoms with Crippen molar-refractivity contribution in [3.63, 3.8) is 0 Å². The van der Waals surface area contributed by atoms with Gasteiger partial charge in [-0.25, -0.2) is 0 Å². The number of hydrogen-bond acceptors (Lipinski definition) is 3. The summed E-state index contributed by atoms with van der Waals surface area (Å²) in [6, 6.07) is 5.56. The molecule has 1 aliphatic heterocycles. The van der Waals surface area contributed by atoms with Crippen LogP contribution in [0.25, 0.3) is 0 Å². The normalized spacial score (nSPS) is 23.7. The van der Waals surface area contributed by atoms with Crippen LogP contribution in [0.1, 0.15) is 24.4 Å². The molecule has 0 saturated carbocycles. The highest BCUT2D eigenvalue weighted by Crippen LogP contribution is 2.31. The Bertz CT molecular complexity index is 430. The molecule has 1 aliphatic rings. The molecule has 1 aromatic rings. The first kappa shape index (κ1) is 13.7. The smallest absolute Gasteiger partial charge is 0.308 e. The minimum atomic E-state index is -0.144. The van der Waals surface area contributed by atoms with Crippen molar-refractivity contribution in [2.24, 2.45) is 5.92 Å². The highest BCUT2D eigenvalue weighted by Gasteiger charge is 2.28. The molecule has 1 N–H and O–H groups in total. The van der Waals surface area contributed by atoms with Gasteiger partial charge in [0.2, 0.25) is 0 Å². The first-order valence-electron chi connectivity index (χ1n) is 5.87. The molecule has 1 fully saturated rings. The molecule has 5 heteroatoms. The lowest BCUT2D eigenvalue weighted by atomic mass is 9.89. The Labute approximate surface area is 116 Å². The molecule has 98 valence electrons. The van der Waals surface area contributed by atoms with E-state index in [0.29, 0.717) is 16.5 Å². The molecule has 0 radical (unpaired) electrons. The van der Waals surface area contributed by atoms with Crippen molar-refractivity contribution in [1.29, 1.82) is 0 Å². The Morgan fingerprint density at radius 2 is 2.00 bits per heavy atom. The van der Waals surface area contributed by atoms with Gasteiger partial charge in [-0.15, -0.1) is 0 Å². The van der Waals surface area contributed by atoms with E-state index in [1.165, 1.54) is 7.11 Å². The topological polar surface area (TPSA) is 38.3 Å². The molecule has 2 rings (SSSR count). The number of carbonyl (C=O) groups excluding carboxylic acids is 1. The lowest BCUT2D eigenvalue weighted by Crippen LogP contribution is -2.35. The second-order valence-electron chi connectivity index (χ2n) is 4.45. The van der Waals surface area contributed by atoms with Gasteiger partial charge in [0.15, 0.2) is 0 Å². The second kappa shape index (κ2) is 5.91. The standard InChI is InChI=1S/C13H15Cl2NO2/c1-18-13(17)8-2-3-16-12(6-8)9-4-10(14)7-11(15)5-9/h4-5,7-8,12,16H,2-3,6H2,1H3. The Balaban J connectivity index is 2.15. The van der Waals surface area contributed by atoms with Gasteiger partial charge < -0.3 is 10.1 Å². The maximum Gasteiger partial charge on any atom is 0.308 e. The van der Waals surface area contributed by atoms with Crippen LogP contribution in [-0.2, 0) is 9.53 Å². The van der Waals surface area contributed by atoms with Crippen LogP contribution in [0.15, 0.2) is 18.2 Å². The highest BCUT2D eigenvalue weighted by atomic mass is 35.5. The summed E-state index contributed by atoms with van der Waals surface area (Å²) >= 11 is 12.0. The van der Waals surface area contributed by atoms with Gasteiger partial charge >= 0.3 is 5.97 Å². The Morgan fingerprint density at radius 3 is 2.61 bits per heavy atom. The molecule has 18 heavy (non-hydrogen) atoms. The third-order valence-electron chi connectivity index (χ3n) is 3.23. The largest absolute Gasteiger partial charge is 0.469 e. The number of piperidine rings is 1. The number of methoxy groups -OCH3 is 1. The zero-order chi connectivity index (χ0) is 13.1. The number of carbonyl (C=O) groups is 1. The molecule has 0 spiro atoms. The Morgan fingerprint density at radius 1 is 1.33 bits per heavy atom. The van der Waals surface area contributed by atoms with Crippen LogP contribution in [0.3, 0.4) is 0 Å². The van der Waals surface area contributed by atoms with Gasteiger partial charge in [0, 0.05) is 16.1 Å².